The molecule has 4 amide bonds. The summed E-state index contributed by atoms with van der Waals surface area (Å²) in [6, 6.07) is 15.9. The van der Waals surface area contributed by atoms with E-state index in [1.807, 2.05) is 0 Å². The number of amides is 4. The highest BCUT2D eigenvalue weighted by Gasteiger charge is 2.09. The molecule has 0 radical (unpaired) electrons. The van der Waals surface area contributed by atoms with Gasteiger partial charge < -0.3 is 25.7 Å². The minimum Gasteiger partial charge on any atom is -0.459 e. The Morgan fingerprint density at radius 1 is 0.767 bits per heavy atom. The number of carbonyl (C=O) groups is 3. The number of nitrogens with one attached hydrogen (secondary N) is 4. The molecule has 1 aromatic heterocycles. The SMILES string of the molecule is O=C(Nc1ccc(Cl)cc1)Nc1ccc(C(=O)NCCNC(=O)c2ccco2)cc1. The Balaban J connectivity index is 1.41. The Labute approximate surface area is 177 Å². The molecule has 154 valence electrons. The number of benzene rings is 2. The summed E-state index contributed by atoms with van der Waals surface area (Å²) in [5.74, 6) is -0.425. The molecule has 0 atom stereocenters. The van der Waals surface area contributed by atoms with E-state index >= 15 is 0 Å². The van der Waals surface area contributed by atoms with E-state index in [9.17, 15) is 14.4 Å². The smallest absolute Gasteiger partial charge is 0.323 e. The number of hydrogen-bond donors (Lipinski definition) is 4. The summed E-state index contributed by atoms with van der Waals surface area (Å²) in [6.07, 6.45) is 1.41. The molecule has 0 saturated heterocycles. The van der Waals surface area contributed by atoms with Gasteiger partial charge in [0.15, 0.2) is 5.76 Å². The highest BCUT2D eigenvalue weighted by Crippen LogP contribution is 2.14. The highest BCUT2D eigenvalue weighted by atomic mass is 35.5. The van der Waals surface area contributed by atoms with Crippen LogP contribution in [0.1, 0.15) is 20.9 Å². The van der Waals surface area contributed by atoms with Crippen molar-refractivity contribution in [3.05, 3.63) is 83.3 Å². The lowest BCUT2D eigenvalue weighted by Gasteiger charge is -2.09. The first-order valence-electron chi connectivity index (χ1n) is 9.05. The van der Waals surface area contributed by atoms with Gasteiger partial charge in [0.2, 0.25) is 0 Å². The van der Waals surface area contributed by atoms with E-state index < -0.39 is 6.03 Å². The van der Waals surface area contributed by atoms with Gasteiger partial charge in [-0.15, -0.1) is 0 Å². The zero-order chi connectivity index (χ0) is 21.3. The molecule has 0 aliphatic carbocycles. The number of rotatable bonds is 7. The first-order valence-corrected chi connectivity index (χ1v) is 9.42. The fourth-order valence-corrected chi connectivity index (χ4v) is 2.61. The van der Waals surface area contributed by atoms with E-state index in [2.05, 4.69) is 21.3 Å². The van der Waals surface area contributed by atoms with Crippen molar-refractivity contribution in [3.63, 3.8) is 0 Å². The molecule has 0 bridgehead atoms. The van der Waals surface area contributed by atoms with Crippen molar-refractivity contribution >= 4 is 40.8 Å². The van der Waals surface area contributed by atoms with E-state index in [-0.39, 0.29) is 30.7 Å². The third kappa shape index (κ3) is 6.11. The second kappa shape index (κ2) is 10.1. The van der Waals surface area contributed by atoms with Crippen LogP contribution in [-0.4, -0.2) is 30.9 Å². The number of furan rings is 1. The van der Waals surface area contributed by atoms with Crippen molar-refractivity contribution < 1.29 is 18.8 Å². The van der Waals surface area contributed by atoms with Gasteiger partial charge in [-0.1, -0.05) is 11.6 Å². The molecule has 3 aromatic rings. The molecule has 4 N–H and O–H groups in total. The average molecular weight is 427 g/mol. The maximum atomic E-state index is 12.2. The summed E-state index contributed by atoms with van der Waals surface area (Å²) in [5.41, 5.74) is 1.56. The van der Waals surface area contributed by atoms with Crippen molar-refractivity contribution in [1.29, 1.82) is 0 Å². The normalized spacial score (nSPS) is 10.2. The molecular weight excluding hydrogens is 408 g/mol. The number of carbonyl (C=O) groups excluding carboxylic acids is 3. The Morgan fingerprint density at radius 2 is 1.33 bits per heavy atom. The topological polar surface area (TPSA) is 112 Å². The van der Waals surface area contributed by atoms with Gasteiger partial charge in [-0.05, 0) is 60.7 Å². The van der Waals surface area contributed by atoms with Crippen LogP contribution in [0.5, 0.6) is 0 Å². The molecule has 0 aliphatic heterocycles. The van der Waals surface area contributed by atoms with Crippen LogP contribution < -0.4 is 21.3 Å². The summed E-state index contributed by atoms with van der Waals surface area (Å²) in [5, 5.41) is 11.3. The predicted octanol–water partition coefficient (Wildman–Crippen LogP) is 3.74. The minimum atomic E-state index is -0.415. The monoisotopic (exact) mass is 426 g/mol. The second-order valence-corrected chi connectivity index (χ2v) is 6.59. The Bertz CT molecular complexity index is 1000. The van der Waals surface area contributed by atoms with Crippen LogP contribution >= 0.6 is 11.6 Å². The number of urea groups is 1. The summed E-state index contributed by atoms with van der Waals surface area (Å²) in [6.45, 7) is 0.518. The number of hydrogen-bond acceptors (Lipinski definition) is 4. The lowest BCUT2D eigenvalue weighted by Crippen LogP contribution is -2.34. The van der Waals surface area contributed by atoms with E-state index in [0.29, 0.717) is 22.0 Å². The van der Waals surface area contributed by atoms with Gasteiger partial charge >= 0.3 is 6.03 Å². The van der Waals surface area contributed by atoms with Crippen LogP contribution in [0.3, 0.4) is 0 Å². The zero-order valence-electron chi connectivity index (χ0n) is 15.8. The number of halogens is 1. The van der Waals surface area contributed by atoms with Gasteiger partial charge in [0.1, 0.15) is 0 Å². The molecule has 30 heavy (non-hydrogen) atoms. The van der Waals surface area contributed by atoms with Gasteiger partial charge in [-0.2, -0.15) is 0 Å². The fourth-order valence-electron chi connectivity index (χ4n) is 2.48. The largest absolute Gasteiger partial charge is 0.459 e. The molecule has 2 aromatic carbocycles. The molecule has 0 unspecified atom stereocenters. The summed E-state index contributed by atoms with van der Waals surface area (Å²) < 4.78 is 4.98. The third-order valence-electron chi connectivity index (χ3n) is 3.95. The Morgan fingerprint density at radius 3 is 1.90 bits per heavy atom. The molecular formula is C21H19ClN4O4. The average Bonchev–Trinajstić information content (AvgIpc) is 3.28. The molecule has 0 aliphatic rings. The standard InChI is InChI=1S/C21H19ClN4O4/c22-15-5-9-17(10-6-15)26-21(29)25-16-7-3-14(4-8-16)19(27)23-11-12-24-20(28)18-2-1-13-30-18/h1-10,13H,11-12H2,(H,23,27)(H,24,28)(H2,25,26,29). The van der Waals surface area contributed by atoms with E-state index in [1.165, 1.54) is 6.26 Å². The molecule has 0 spiro atoms. The van der Waals surface area contributed by atoms with Crippen LogP contribution in [0.4, 0.5) is 16.2 Å². The van der Waals surface area contributed by atoms with Crippen molar-refractivity contribution in [2.45, 2.75) is 0 Å². The zero-order valence-corrected chi connectivity index (χ0v) is 16.5. The van der Waals surface area contributed by atoms with Crippen LogP contribution in [0.25, 0.3) is 0 Å². The van der Waals surface area contributed by atoms with Crippen molar-refractivity contribution in [1.82, 2.24) is 10.6 Å². The Hall–Kier alpha value is -3.78. The minimum absolute atomic E-state index is 0.213. The van der Waals surface area contributed by atoms with Crippen LogP contribution in [0.15, 0.2) is 71.3 Å². The molecule has 0 saturated carbocycles. The van der Waals surface area contributed by atoms with Crippen LogP contribution in [0, 0.1) is 0 Å². The third-order valence-corrected chi connectivity index (χ3v) is 4.20. The maximum Gasteiger partial charge on any atom is 0.323 e. The molecule has 9 heteroatoms. The van der Waals surface area contributed by atoms with E-state index in [1.54, 1.807) is 60.7 Å². The maximum absolute atomic E-state index is 12.2. The van der Waals surface area contributed by atoms with Gasteiger partial charge in [-0.25, -0.2) is 4.79 Å². The molecule has 8 nitrogen and oxygen atoms in total. The van der Waals surface area contributed by atoms with Crippen LogP contribution in [-0.2, 0) is 0 Å². The Kier molecular flexibility index (Phi) is 7.07. The first kappa shape index (κ1) is 20.9. The lowest BCUT2D eigenvalue weighted by atomic mass is 10.2. The summed E-state index contributed by atoms with van der Waals surface area (Å²) in [4.78, 5) is 35.9. The molecule has 0 fully saturated rings. The predicted molar refractivity (Wildman–Crippen MR) is 114 cm³/mol. The summed E-state index contributed by atoms with van der Waals surface area (Å²) >= 11 is 5.81. The molecule has 1 heterocycles. The van der Waals surface area contributed by atoms with Gasteiger partial charge in [0.05, 0.1) is 6.26 Å². The van der Waals surface area contributed by atoms with Crippen LogP contribution in [0.2, 0.25) is 5.02 Å². The van der Waals surface area contributed by atoms with E-state index in [4.69, 9.17) is 16.0 Å². The molecule has 3 rings (SSSR count). The number of anilines is 2. The van der Waals surface area contributed by atoms with Crippen molar-refractivity contribution in [3.8, 4) is 0 Å². The van der Waals surface area contributed by atoms with Crippen molar-refractivity contribution in [2.24, 2.45) is 0 Å². The lowest BCUT2D eigenvalue weighted by molar-refractivity contribution is 0.0910. The summed E-state index contributed by atoms with van der Waals surface area (Å²) in [7, 11) is 0. The highest BCUT2D eigenvalue weighted by molar-refractivity contribution is 6.30. The van der Waals surface area contributed by atoms with E-state index in [0.717, 1.165) is 0 Å². The van der Waals surface area contributed by atoms with Crippen molar-refractivity contribution in [2.75, 3.05) is 23.7 Å². The second-order valence-electron chi connectivity index (χ2n) is 6.15. The van der Waals surface area contributed by atoms with Gasteiger partial charge in [0.25, 0.3) is 11.8 Å². The van der Waals surface area contributed by atoms with Gasteiger partial charge in [0, 0.05) is 35.1 Å². The first-order chi connectivity index (χ1) is 14.5. The quantitative estimate of drug-likeness (QED) is 0.431. The fraction of sp³-hybridized carbons (Fsp3) is 0.0952. The van der Waals surface area contributed by atoms with Gasteiger partial charge in [-0.3, -0.25) is 9.59 Å².